The monoisotopic (exact) mass is 1550 g/mol. The highest BCUT2D eigenvalue weighted by Crippen LogP contribution is 2.47. The number of hydrogen-bond acceptors (Lipinski definition) is 12. The summed E-state index contributed by atoms with van der Waals surface area (Å²) in [4.78, 5) is 78.6. The summed E-state index contributed by atoms with van der Waals surface area (Å²) in [6, 6.07) is 106. The van der Waals surface area contributed by atoms with Crippen LogP contribution in [0.4, 0.5) is 0 Å². The third-order valence-corrected chi connectivity index (χ3v) is 22.4. The van der Waals surface area contributed by atoms with E-state index in [1.807, 2.05) is 60.7 Å². The second-order valence-electron chi connectivity index (χ2n) is 33.6. The Morgan fingerprint density at radius 2 is 0.433 bits per heavy atom. The molecule has 4 N–H and O–H groups in total. The van der Waals surface area contributed by atoms with Gasteiger partial charge < -0.3 is 19.9 Å². The van der Waals surface area contributed by atoms with Gasteiger partial charge in [-0.25, -0.2) is 59.8 Å². The fourth-order valence-corrected chi connectivity index (χ4v) is 16.3. The molecule has 21 rings (SSSR count). The van der Waals surface area contributed by atoms with Crippen molar-refractivity contribution in [1.29, 1.82) is 0 Å². The molecule has 578 valence electrons. The highest BCUT2D eigenvalue weighted by molar-refractivity contribution is 6.10. The molecule has 17 aromatic rings. The molecule has 10 heterocycles. The van der Waals surface area contributed by atoms with Gasteiger partial charge in [0.25, 0.3) is 0 Å². The summed E-state index contributed by atoms with van der Waals surface area (Å²) in [5, 5.41) is 1.98. The van der Waals surface area contributed by atoms with Crippen LogP contribution in [0.15, 0.2) is 309 Å². The molecule has 0 saturated heterocycles. The van der Waals surface area contributed by atoms with Gasteiger partial charge in [0.15, 0.2) is 46.6 Å². The average Bonchev–Trinajstić information content (AvgIpc) is 1.58. The van der Waals surface area contributed by atoms with Gasteiger partial charge in [-0.2, -0.15) is 0 Å². The summed E-state index contributed by atoms with van der Waals surface area (Å²) in [7, 11) is 0. The molecule has 16 bridgehead atoms. The topological polar surface area (TPSA) is 218 Å². The van der Waals surface area contributed by atoms with Gasteiger partial charge in [-0.3, -0.25) is 0 Å². The van der Waals surface area contributed by atoms with Crippen molar-refractivity contribution in [2.45, 2.75) is 78.6 Å². The van der Waals surface area contributed by atoms with E-state index in [1.165, 1.54) is 16.7 Å². The van der Waals surface area contributed by atoms with Gasteiger partial charge in [0.1, 0.15) is 45.2 Å². The van der Waals surface area contributed by atoms with Crippen molar-refractivity contribution >= 4 is 78.2 Å². The molecule has 0 amide bonds. The van der Waals surface area contributed by atoms with Crippen molar-refractivity contribution in [1.82, 2.24) is 79.7 Å². The first-order valence-corrected chi connectivity index (χ1v) is 40.5. The van der Waals surface area contributed by atoms with Gasteiger partial charge in [-0.15, -0.1) is 0 Å². The van der Waals surface area contributed by atoms with Crippen LogP contribution >= 0.6 is 0 Å². The minimum absolute atomic E-state index is 0.0343. The lowest BCUT2D eigenvalue weighted by Gasteiger charge is -2.20. The van der Waals surface area contributed by atoms with Crippen LogP contribution in [-0.4, -0.2) is 79.7 Å². The number of benzene rings is 11. The molecule has 120 heavy (non-hydrogen) atoms. The predicted octanol–water partition coefficient (Wildman–Crippen LogP) is 24.2. The summed E-state index contributed by atoms with van der Waals surface area (Å²) < 4.78 is 0. The van der Waals surface area contributed by atoms with E-state index in [2.05, 4.69) is 331 Å². The number of aromatic nitrogens is 16. The van der Waals surface area contributed by atoms with Crippen molar-refractivity contribution in [3.8, 4) is 90.1 Å². The van der Waals surface area contributed by atoms with Crippen molar-refractivity contribution in [2.24, 2.45) is 0 Å². The molecule has 0 saturated carbocycles. The molecule has 0 unspecified atom stereocenters. The molecule has 4 aliphatic rings. The lowest BCUT2D eigenvalue weighted by atomic mass is 9.85. The molecule has 0 fully saturated rings. The Hall–Kier alpha value is -15.2. The Balaban J connectivity index is 0.000000166. The van der Waals surface area contributed by atoms with E-state index in [9.17, 15) is 0 Å². The largest absolute Gasteiger partial charge is 0.325 e. The average molecular weight is 1560 g/mol. The summed E-state index contributed by atoms with van der Waals surface area (Å²) in [5.74, 6) is 4.39. The zero-order valence-corrected chi connectivity index (χ0v) is 67.8. The van der Waals surface area contributed by atoms with Gasteiger partial charge in [0, 0.05) is 77.6 Å². The zero-order valence-electron chi connectivity index (χ0n) is 67.8. The first-order chi connectivity index (χ1) is 58.3. The molecular formula is C104H82N16. The molecule has 0 radical (unpaired) electrons. The first kappa shape index (κ1) is 73.7. The molecule has 16 nitrogen and oxygen atoms in total. The minimum atomic E-state index is -0.0555. The van der Waals surface area contributed by atoms with Crippen LogP contribution in [-0.2, 0) is 16.2 Å². The van der Waals surface area contributed by atoms with E-state index in [4.69, 9.17) is 59.8 Å². The number of rotatable bonds is 8. The van der Waals surface area contributed by atoms with Crippen LogP contribution in [0.3, 0.4) is 0 Å². The van der Waals surface area contributed by atoms with Crippen LogP contribution in [0.25, 0.3) is 168 Å². The number of nitrogens with one attached hydrogen (secondary N) is 4. The molecule has 0 spiro atoms. The van der Waals surface area contributed by atoms with Gasteiger partial charge in [0.2, 0.25) is 0 Å². The van der Waals surface area contributed by atoms with Crippen LogP contribution in [0.1, 0.15) is 125 Å². The Bertz CT molecular complexity index is 6820. The predicted molar refractivity (Wildman–Crippen MR) is 484 cm³/mol. The summed E-state index contributed by atoms with van der Waals surface area (Å²) in [6.07, 6.45) is 0. The SMILES string of the molecule is CC(C)(C)c1ccc2c(c1)-c1nc3nc(nc4ccc(nc5[nH]c(nc-2n1)c1cc(C(C)(C)C)ccc51)[nH]4)-c1cc(C(C)(C)C)ccc1-3.c1ccc(C2=C(c3ccccc3)c3nc2nc2[nH]c(nc4nc(nc5[nH]c(n3)c(-c3ccccc3)c5-c3ccccc3)C(c3ccccc3)=C4c3ccccc3)c(-c3ccccc3)c2-c2ccccc2)cc1. The van der Waals surface area contributed by atoms with Crippen LogP contribution in [0, 0.1) is 0 Å². The van der Waals surface area contributed by atoms with E-state index in [0.29, 0.717) is 86.1 Å². The Morgan fingerprint density at radius 3 is 0.767 bits per heavy atom. The number of fused-ring (bicyclic) bond motifs is 25. The molecule has 0 atom stereocenters. The number of aromatic amines is 4. The van der Waals surface area contributed by atoms with Crippen molar-refractivity contribution < 1.29 is 0 Å². The Morgan fingerprint density at radius 1 is 0.183 bits per heavy atom. The van der Waals surface area contributed by atoms with Crippen molar-refractivity contribution in [3.63, 3.8) is 0 Å². The molecule has 0 aliphatic carbocycles. The van der Waals surface area contributed by atoms with Crippen LogP contribution in [0.5, 0.6) is 0 Å². The van der Waals surface area contributed by atoms with Crippen LogP contribution < -0.4 is 0 Å². The number of nitrogens with zero attached hydrogens (tertiary/aromatic N) is 12. The molecule has 11 aromatic carbocycles. The van der Waals surface area contributed by atoms with Gasteiger partial charge in [0.05, 0.1) is 0 Å². The first-order valence-electron chi connectivity index (χ1n) is 40.5. The second kappa shape index (κ2) is 29.5. The third kappa shape index (κ3) is 13.7. The van der Waals surface area contributed by atoms with Gasteiger partial charge in [-0.1, -0.05) is 341 Å². The fraction of sp³-hybridized carbons (Fsp3) is 0.115. The molecule has 4 aliphatic heterocycles. The highest BCUT2D eigenvalue weighted by atomic mass is 15.1. The fourth-order valence-electron chi connectivity index (χ4n) is 16.3. The maximum absolute atomic E-state index is 5.65. The third-order valence-electron chi connectivity index (χ3n) is 22.4. The van der Waals surface area contributed by atoms with Gasteiger partial charge in [-0.05, 0) is 108 Å². The van der Waals surface area contributed by atoms with Gasteiger partial charge >= 0.3 is 0 Å². The lowest BCUT2D eigenvalue weighted by Crippen LogP contribution is -2.11. The van der Waals surface area contributed by atoms with E-state index in [-0.39, 0.29) is 16.2 Å². The molecule has 16 heteroatoms. The summed E-state index contributed by atoms with van der Waals surface area (Å²) in [6.45, 7) is 20.0. The number of hydrogen-bond donors (Lipinski definition) is 4. The minimum Gasteiger partial charge on any atom is -0.325 e. The van der Waals surface area contributed by atoms with E-state index < -0.39 is 0 Å². The highest BCUT2D eigenvalue weighted by Gasteiger charge is 2.33. The standard InChI is InChI=1S/C64H42N8.C40H40N8/c1-9-25-41(26-10-1)49-50(42-27-11-2-12-28-42)58-65-57(49)69-59-51(43-29-13-3-14-30-43)52(44-31-15-4-16-32-44)61(66-59)71-63-55(47-37-21-7-22-38-47)56(48-39-23-8-24-40-48)64(68-63)72-62-54(46-35-19-6-20-36-46)53(60(67-62)70-58)45-33-17-5-18-34-45;1-38(2,3)21-11-14-25-27(18-21)35-43-31-17-16-30(41-31)42-32-24-13-10-22(39(4,5)6)19-28(24)36(44-32)47-34-26-15-12-23(40(7,8)9)20-29(26)37(48-34)46-33(25)45-35/h1-40H,(H2,65,66,67,68,69,70,71,72);10-20H,1-9H3,(H2,41,42,43,44,45,46,47,48). The lowest BCUT2D eigenvalue weighted by molar-refractivity contribution is 0.590. The van der Waals surface area contributed by atoms with Crippen molar-refractivity contribution in [2.75, 3.05) is 0 Å². The second-order valence-corrected chi connectivity index (χ2v) is 33.6. The van der Waals surface area contributed by atoms with E-state index >= 15 is 0 Å². The Labute approximate surface area is 694 Å². The maximum atomic E-state index is 5.65. The van der Waals surface area contributed by atoms with E-state index in [0.717, 1.165) is 128 Å². The van der Waals surface area contributed by atoms with Crippen molar-refractivity contribution in [3.05, 3.63) is 372 Å². The van der Waals surface area contributed by atoms with E-state index in [1.54, 1.807) is 0 Å². The Kier molecular flexibility index (Phi) is 18.1. The number of H-pyrrole nitrogens is 4. The normalized spacial score (nSPS) is 12.6. The van der Waals surface area contributed by atoms with Crippen LogP contribution in [0.2, 0.25) is 0 Å². The summed E-state index contributed by atoms with van der Waals surface area (Å²) in [5.41, 5.74) is 26.9. The quantitative estimate of drug-likeness (QED) is 0.112. The smallest absolute Gasteiger partial charge is 0.165 e. The zero-order chi connectivity index (χ0) is 81.5. The maximum Gasteiger partial charge on any atom is 0.165 e. The molecule has 6 aromatic heterocycles. The molecular weight excluding hydrogens is 1470 g/mol. The summed E-state index contributed by atoms with van der Waals surface area (Å²) >= 11 is 0.